The number of amides is 2. The van der Waals surface area contributed by atoms with Crippen molar-refractivity contribution in [1.29, 1.82) is 0 Å². The van der Waals surface area contributed by atoms with Crippen LogP contribution in [0.5, 0.6) is 0 Å². The van der Waals surface area contributed by atoms with Crippen LogP contribution in [-0.2, 0) is 16.1 Å². The lowest BCUT2D eigenvalue weighted by Crippen LogP contribution is -2.48. The third kappa shape index (κ3) is 4.86. The molecule has 1 aromatic rings. The molecule has 0 radical (unpaired) electrons. The van der Waals surface area contributed by atoms with Crippen molar-refractivity contribution in [3.63, 3.8) is 0 Å². The van der Waals surface area contributed by atoms with Gasteiger partial charge in [0.15, 0.2) is 0 Å². The molecule has 0 bridgehead atoms. The van der Waals surface area contributed by atoms with Gasteiger partial charge in [-0.2, -0.15) is 0 Å². The van der Waals surface area contributed by atoms with Crippen LogP contribution in [0.25, 0.3) is 0 Å². The van der Waals surface area contributed by atoms with Gasteiger partial charge < -0.3 is 10.2 Å². The van der Waals surface area contributed by atoms with Gasteiger partial charge in [-0.25, -0.2) is 0 Å². The summed E-state index contributed by atoms with van der Waals surface area (Å²) in [6, 6.07) is 7.99. The number of rotatable bonds is 7. The molecule has 1 rings (SSSR count). The Morgan fingerprint density at radius 1 is 1.18 bits per heavy atom. The van der Waals surface area contributed by atoms with Crippen LogP contribution in [0.3, 0.4) is 0 Å². The molecule has 0 unspecified atom stereocenters. The quantitative estimate of drug-likeness (QED) is 0.787. The van der Waals surface area contributed by atoms with Crippen molar-refractivity contribution in [1.82, 2.24) is 10.2 Å². The largest absolute Gasteiger partial charge is 0.351 e. The van der Waals surface area contributed by atoms with Crippen LogP contribution >= 0.6 is 0 Å². The molecule has 4 nitrogen and oxygen atoms in total. The van der Waals surface area contributed by atoms with E-state index in [0.29, 0.717) is 13.1 Å². The van der Waals surface area contributed by atoms with Crippen molar-refractivity contribution in [2.75, 3.05) is 13.6 Å². The lowest BCUT2D eigenvalue weighted by Gasteiger charge is -2.28. The summed E-state index contributed by atoms with van der Waals surface area (Å²) in [5.74, 6) is -0.372. The highest BCUT2D eigenvalue weighted by atomic mass is 16.2. The Morgan fingerprint density at radius 3 is 2.32 bits per heavy atom. The molecular weight excluding hydrogens is 276 g/mol. The smallest absolute Gasteiger partial charge is 0.237 e. The fourth-order valence-electron chi connectivity index (χ4n) is 2.18. The predicted octanol–water partition coefficient (Wildman–Crippen LogP) is 2.90. The summed E-state index contributed by atoms with van der Waals surface area (Å²) in [6.45, 7) is 8.59. The molecule has 0 spiro atoms. The summed E-state index contributed by atoms with van der Waals surface area (Å²) in [5, 5.41) is 2.86. The number of hydrogen-bond acceptors (Lipinski definition) is 2. The minimum absolute atomic E-state index is 0.137. The second-order valence-corrected chi connectivity index (χ2v) is 6.37. The molecule has 2 amide bonds. The molecule has 0 saturated heterocycles. The number of hydrogen-bond donors (Lipinski definition) is 1. The van der Waals surface area contributed by atoms with Crippen molar-refractivity contribution in [2.45, 2.75) is 47.1 Å². The average molecular weight is 304 g/mol. The molecule has 22 heavy (non-hydrogen) atoms. The van der Waals surface area contributed by atoms with Gasteiger partial charge in [0, 0.05) is 20.1 Å². The van der Waals surface area contributed by atoms with Gasteiger partial charge in [-0.3, -0.25) is 9.59 Å². The summed E-state index contributed by atoms with van der Waals surface area (Å²) >= 11 is 0. The van der Waals surface area contributed by atoms with E-state index in [1.54, 1.807) is 25.8 Å². The first-order valence-electron chi connectivity index (χ1n) is 7.88. The average Bonchev–Trinajstić information content (AvgIpc) is 2.50. The molecule has 0 atom stereocenters. The van der Waals surface area contributed by atoms with Crippen LogP contribution in [0.15, 0.2) is 24.3 Å². The Labute approximate surface area is 133 Å². The highest BCUT2D eigenvalue weighted by Gasteiger charge is 2.37. The number of carbonyl (C=O) groups excluding carboxylic acids is 2. The molecule has 0 saturated carbocycles. The Hall–Kier alpha value is -1.84. The molecule has 0 aromatic heterocycles. The number of benzene rings is 1. The van der Waals surface area contributed by atoms with Crippen molar-refractivity contribution in [3.05, 3.63) is 35.4 Å². The van der Waals surface area contributed by atoms with Gasteiger partial charge in [0.1, 0.15) is 5.41 Å². The Bertz CT molecular complexity index is 506. The highest BCUT2D eigenvalue weighted by molar-refractivity contribution is 6.04. The minimum atomic E-state index is -1.05. The van der Waals surface area contributed by atoms with Gasteiger partial charge in [0.2, 0.25) is 11.8 Å². The first-order chi connectivity index (χ1) is 10.3. The van der Waals surface area contributed by atoms with Crippen LogP contribution < -0.4 is 5.32 Å². The standard InChI is InChI=1S/C18H28N2O2/c1-6-7-12-20(5)17(22)18(3,4)16(21)19-13-15-10-8-14(2)9-11-15/h8-11H,6-7,12-13H2,1-5H3,(H,19,21). The summed E-state index contributed by atoms with van der Waals surface area (Å²) in [6.07, 6.45) is 1.97. The number of unbranched alkanes of at least 4 members (excludes halogenated alkanes) is 1. The van der Waals surface area contributed by atoms with Crippen molar-refractivity contribution < 1.29 is 9.59 Å². The van der Waals surface area contributed by atoms with Crippen LogP contribution in [0, 0.1) is 12.3 Å². The first kappa shape index (κ1) is 18.2. The van der Waals surface area contributed by atoms with Gasteiger partial charge in [-0.1, -0.05) is 43.2 Å². The fourth-order valence-corrected chi connectivity index (χ4v) is 2.18. The van der Waals surface area contributed by atoms with E-state index in [9.17, 15) is 9.59 Å². The summed E-state index contributed by atoms with van der Waals surface area (Å²) in [5.41, 5.74) is 1.16. The van der Waals surface area contributed by atoms with E-state index in [2.05, 4.69) is 12.2 Å². The van der Waals surface area contributed by atoms with E-state index in [1.807, 2.05) is 31.2 Å². The molecule has 1 aromatic carbocycles. The van der Waals surface area contributed by atoms with Crippen LogP contribution in [0.2, 0.25) is 0 Å². The van der Waals surface area contributed by atoms with E-state index in [0.717, 1.165) is 18.4 Å². The number of carbonyl (C=O) groups is 2. The second-order valence-electron chi connectivity index (χ2n) is 6.37. The maximum atomic E-state index is 12.4. The van der Waals surface area contributed by atoms with Gasteiger partial charge in [0.05, 0.1) is 0 Å². The van der Waals surface area contributed by atoms with Crippen LogP contribution in [0.1, 0.15) is 44.7 Å². The van der Waals surface area contributed by atoms with E-state index < -0.39 is 5.41 Å². The summed E-state index contributed by atoms with van der Waals surface area (Å²) in [7, 11) is 1.76. The second kappa shape index (κ2) is 7.97. The SMILES string of the molecule is CCCCN(C)C(=O)C(C)(C)C(=O)NCc1ccc(C)cc1. The molecule has 122 valence electrons. The zero-order chi connectivity index (χ0) is 16.8. The lowest BCUT2D eigenvalue weighted by molar-refractivity contribution is -0.147. The highest BCUT2D eigenvalue weighted by Crippen LogP contribution is 2.19. The summed E-state index contributed by atoms with van der Waals surface area (Å²) in [4.78, 5) is 26.4. The molecule has 4 heteroatoms. The van der Waals surface area contributed by atoms with Crippen molar-refractivity contribution in [3.8, 4) is 0 Å². The number of nitrogens with zero attached hydrogens (tertiary/aromatic N) is 1. The molecule has 0 heterocycles. The van der Waals surface area contributed by atoms with Crippen molar-refractivity contribution >= 4 is 11.8 Å². The maximum absolute atomic E-state index is 12.4. The number of aryl methyl sites for hydroxylation is 1. The van der Waals surface area contributed by atoms with Crippen molar-refractivity contribution in [2.24, 2.45) is 5.41 Å². The van der Waals surface area contributed by atoms with E-state index in [-0.39, 0.29) is 11.8 Å². The molecule has 0 aliphatic rings. The monoisotopic (exact) mass is 304 g/mol. The molecule has 0 aliphatic carbocycles. The van der Waals surface area contributed by atoms with Crippen LogP contribution in [0.4, 0.5) is 0 Å². The Balaban J connectivity index is 2.61. The predicted molar refractivity (Wildman–Crippen MR) is 89.4 cm³/mol. The van der Waals surface area contributed by atoms with E-state index in [1.165, 1.54) is 5.56 Å². The molecule has 0 aliphatic heterocycles. The number of nitrogens with one attached hydrogen (secondary N) is 1. The van der Waals surface area contributed by atoms with E-state index >= 15 is 0 Å². The minimum Gasteiger partial charge on any atom is -0.351 e. The maximum Gasteiger partial charge on any atom is 0.237 e. The Kier molecular flexibility index (Phi) is 6.60. The zero-order valence-corrected chi connectivity index (χ0v) is 14.4. The fraction of sp³-hybridized carbons (Fsp3) is 0.556. The molecule has 0 fully saturated rings. The van der Waals surface area contributed by atoms with Gasteiger partial charge in [-0.15, -0.1) is 0 Å². The van der Waals surface area contributed by atoms with E-state index in [4.69, 9.17) is 0 Å². The van der Waals surface area contributed by atoms with Gasteiger partial charge in [0.25, 0.3) is 0 Å². The normalized spacial score (nSPS) is 11.1. The Morgan fingerprint density at radius 2 is 1.77 bits per heavy atom. The third-order valence-corrected chi connectivity index (χ3v) is 3.87. The summed E-state index contributed by atoms with van der Waals surface area (Å²) < 4.78 is 0. The lowest BCUT2D eigenvalue weighted by atomic mass is 9.90. The van der Waals surface area contributed by atoms with Gasteiger partial charge >= 0.3 is 0 Å². The van der Waals surface area contributed by atoms with Crippen LogP contribution in [-0.4, -0.2) is 30.3 Å². The topological polar surface area (TPSA) is 49.4 Å². The molecular formula is C18H28N2O2. The zero-order valence-electron chi connectivity index (χ0n) is 14.4. The van der Waals surface area contributed by atoms with Gasteiger partial charge in [-0.05, 0) is 32.8 Å². The third-order valence-electron chi connectivity index (χ3n) is 3.87. The first-order valence-corrected chi connectivity index (χ1v) is 7.88. The molecule has 1 N–H and O–H groups in total.